The Kier molecular flexibility index (Phi) is 3.87. The average Bonchev–Trinajstić information content (AvgIpc) is 2.34. The van der Waals surface area contributed by atoms with E-state index in [4.69, 9.17) is 39.1 Å². The number of halogens is 3. The van der Waals surface area contributed by atoms with Crippen LogP contribution in [0.25, 0.3) is 0 Å². The number of hydrogen-bond donors (Lipinski definition) is 2. The van der Waals surface area contributed by atoms with Crippen LogP contribution in [0.1, 0.15) is 5.56 Å². The molecular weight excluding hydrogens is 292 g/mol. The molecule has 1 aromatic carbocycles. The SMILES string of the molecule is N=C(N)c1ccnc(Oc2ccc(F)cc2Cl)c1Cl. The van der Waals surface area contributed by atoms with E-state index in [-0.39, 0.29) is 27.5 Å². The van der Waals surface area contributed by atoms with Crippen molar-refractivity contribution in [2.75, 3.05) is 0 Å². The lowest BCUT2D eigenvalue weighted by Gasteiger charge is -2.10. The molecule has 2 rings (SSSR count). The summed E-state index contributed by atoms with van der Waals surface area (Å²) < 4.78 is 18.3. The van der Waals surface area contributed by atoms with Gasteiger partial charge >= 0.3 is 0 Å². The number of amidine groups is 1. The lowest BCUT2D eigenvalue weighted by molar-refractivity contribution is 0.461. The largest absolute Gasteiger partial charge is 0.436 e. The number of nitrogen functional groups attached to an aromatic ring is 1. The average molecular weight is 300 g/mol. The van der Waals surface area contributed by atoms with Gasteiger partial charge in [-0.15, -0.1) is 0 Å². The van der Waals surface area contributed by atoms with Gasteiger partial charge in [0.1, 0.15) is 22.4 Å². The summed E-state index contributed by atoms with van der Waals surface area (Å²) in [7, 11) is 0. The predicted octanol–water partition coefficient (Wildman–Crippen LogP) is 3.60. The summed E-state index contributed by atoms with van der Waals surface area (Å²) in [5, 5.41) is 7.54. The maximum atomic E-state index is 12.9. The standard InChI is InChI=1S/C12H8Cl2FN3O/c13-8-5-6(15)1-2-9(8)19-12-10(14)7(11(16)17)3-4-18-12/h1-5H,(H3,16,17). The van der Waals surface area contributed by atoms with Crippen LogP contribution in [0.5, 0.6) is 11.6 Å². The Hall–Kier alpha value is -1.85. The second kappa shape index (κ2) is 5.42. The predicted molar refractivity (Wildman–Crippen MR) is 71.7 cm³/mol. The van der Waals surface area contributed by atoms with Gasteiger partial charge in [0.2, 0.25) is 5.88 Å². The maximum absolute atomic E-state index is 12.9. The fraction of sp³-hybridized carbons (Fsp3) is 0. The molecule has 0 saturated carbocycles. The van der Waals surface area contributed by atoms with Crippen molar-refractivity contribution in [2.24, 2.45) is 5.73 Å². The molecule has 0 fully saturated rings. The number of rotatable bonds is 3. The molecule has 0 aliphatic heterocycles. The summed E-state index contributed by atoms with van der Waals surface area (Å²) in [5.74, 6) is -0.433. The zero-order chi connectivity index (χ0) is 14.0. The molecule has 0 bridgehead atoms. The van der Waals surface area contributed by atoms with Crippen LogP contribution < -0.4 is 10.5 Å². The van der Waals surface area contributed by atoms with Crippen molar-refractivity contribution in [3.63, 3.8) is 0 Å². The van der Waals surface area contributed by atoms with Crippen molar-refractivity contribution < 1.29 is 9.13 Å². The van der Waals surface area contributed by atoms with E-state index < -0.39 is 5.82 Å². The summed E-state index contributed by atoms with van der Waals surface area (Å²) in [6.07, 6.45) is 1.40. The topological polar surface area (TPSA) is 72.0 Å². The Morgan fingerprint density at radius 1 is 1.32 bits per heavy atom. The van der Waals surface area contributed by atoms with E-state index in [1.54, 1.807) is 0 Å². The molecule has 3 N–H and O–H groups in total. The fourth-order valence-corrected chi connectivity index (χ4v) is 1.82. The van der Waals surface area contributed by atoms with Gasteiger partial charge in [-0.1, -0.05) is 23.2 Å². The van der Waals surface area contributed by atoms with Gasteiger partial charge in [0.25, 0.3) is 0 Å². The zero-order valence-corrected chi connectivity index (χ0v) is 11.0. The van der Waals surface area contributed by atoms with Gasteiger partial charge in [0.05, 0.1) is 5.02 Å². The highest BCUT2D eigenvalue weighted by atomic mass is 35.5. The first-order valence-electron chi connectivity index (χ1n) is 5.11. The molecule has 0 spiro atoms. The molecule has 1 aromatic heterocycles. The minimum atomic E-state index is -0.478. The van der Waals surface area contributed by atoms with Crippen LogP contribution in [0.3, 0.4) is 0 Å². The van der Waals surface area contributed by atoms with Crippen LogP contribution in [0.4, 0.5) is 4.39 Å². The molecular formula is C12H8Cl2FN3O. The lowest BCUT2D eigenvalue weighted by Crippen LogP contribution is -2.12. The summed E-state index contributed by atoms with van der Waals surface area (Å²) >= 11 is 11.8. The summed E-state index contributed by atoms with van der Waals surface area (Å²) in [6.45, 7) is 0. The van der Waals surface area contributed by atoms with Gasteiger partial charge in [-0.05, 0) is 24.3 Å². The molecule has 1 heterocycles. The van der Waals surface area contributed by atoms with Crippen LogP contribution in [0, 0.1) is 11.2 Å². The van der Waals surface area contributed by atoms with Gasteiger partial charge < -0.3 is 10.5 Å². The Balaban J connectivity index is 2.38. The second-order valence-corrected chi connectivity index (χ2v) is 4.35. The molecule has 0 atom stereocenters. The molecule has 0 radical (unpaired) electrons. The molecule has 0 unspecified atom stereocenters. The molecule has 7 heteroatoms. The third-order valence-corrected chi connectivity index (χ3v) is 2.91. The minimum absolute atomic E-state index is 0.0443. The highest BCUT2D eigenvalue weighted by Gasteiger charge is 2.13. The highest BCUT2D eigenvalue weighted by Crippen LogP contribution is 2.33. The number of hydrogen-bond acceptors (Lipinski definition) is 3. The van der Waals surface area contributed by atoms with Crippen molar-refractivity contribution in [1.29, 1.82) is 5.41 Å². The van der Waals surface area contributed by atoms with Crippen molar-refractivity contribution >= 4 is 29.0 Å². The van der Waals surface area contributed by atoms with E-state index in [2.05, 4.69) is 4.98 Å². The zero-order valence-electron chi connectivity index (χ0n) is 9.45. The van der Waals surface area contributed by atoms with E-state index in [0.717, 1.165) is 6.07 Å². The van der Waals surface area contributed by atoms with E-state index in [0.29, 0.717) is 5.56 Å². The molecule has 19 heavy (non-hydrogen) atoms. The quantitative estimate of drug-likeness (QED) is 0.672. The Morgan fingerprint density at radius 2 is 2.05 bits per heavy atom. The Labute approximate surface area is 118 Å². The van der Waals surface area contributed by atoms with E-state index in [9.17, 15) is 4.39 Å². The van der Waals surface area contributed by atoms with Crippen LogP contribution in [-0.2, 0) is 0 Å². The Morgan fingerprint density at radius 3 is 2.68 bits per heavy atom. The maximum Gasteiger partial charge on any atom is 0.238 e. The summed E-state index contributed by atoms with van der Waals surface area (Å²) in [6, 6.07) is 5.16. The molecule has 0 saturated heterocycles. The molecule has 0 aliphatic rings. The van der Waals surface area contributed by atoms with Crippen LogP contribution in [0.2, 0.25) is 10.0 Å². The summed E-state index contributed by atoms with van der Waals surface area (Å²) in [4.78, 5) is 3.92. The first-order chi connectivity index (χ1) is 8.99. The number of ether oxygens (including phenoxy) is 1. The number of benzene rings is 1. The van der Waals surface area contributed by atoms with E-state index in [1.807, 2.05) is 0 Å². The normalized spacial score (nSPS) is 10.3. The van der Waals surface area contributed by atoms with E-state index >= 15 is 0 Å². The van der Waals surface area contributed by atoms with Crippen molar-refractivity contribution in [1.82, 2.24) is 4.98 Å². The first-order valence-corrected chi connectivity index (χ1v) is 5.86. The van der Waals surface area contributed by atoms with Crippen molar-refractivity contribution in [3.05, 3.63) is 51.9 Å². The molecule has 4 nitrogen and oxygen atoms in total. The molecule has 0 aliphatic carbocycles. The van der Waals surface area contributed by atoms with Gasteiger partial charge in [-0.2, -0.15) is 0 Å². The molecule has 2 aromatic rings. The monoisotopic (exact) mass is 299 g/mol. The van der Waals surface area contributed by atoms with Gasteiger partial charge in [0, 0.05) is 11.8 Å². The number of nitrogens with one attached hydrogen (secondary N) is 1. The third kappa shape index (κ3) is 2.94. The van der Waals surface area contributed by atoms with Gasteiger partial charge in [-0.25, -0.2) is 9.37 Å². The van der Waals surface area contributed by atoms with Crippen LogP contribution >= 0.6 is 23.2 Å². The fourth-order valence-electron chi connectivity index (χ4n) is 1.37. The van der Waals surface area contributed by atoms with Crippen molar-refractivity contribution in [3.8, 4) is 11.6 Å². The molecule has 98 valence electrons. The number of nitrogens with two attached hydrogens (primary N) is 1. The Bertz CT molecular complexity index is 649. The van der Waals surface area contributed by atoms with Crippen LogP contribution in [0.15, 0.2) is 30.5 Å². The van der Waals surface area contributed by atoms with Gasteiger partial charge in [0.15, 0.2) is 0 Å². The van der Waals surface area contributed by atoms with E-state index in [1.165, 1.54) is 24.4 Å². The van der Waals surface area contributed by atoms with Crippen LogP contribution in [-0.4, -0.2) is 10.8 Å². The minimum Gasteiger partial charge on any atom is -0.436 e. The third-order valence-electron chi connectivity index (χ3n) is 2.25. The number of aromatic nitrogens is 1. The number of pyridine rings is 1. The summed E-state index contributed by atoms with van der Waals surface area (Å²) in [5.41, 5.74) is 5.66. The van der Waals surface area contributed by atoms with Crippen molar-refractivity contribution in [2.45, 2.75) is 0 Å². The second-order valence-electron chi connectivity index (χ2n) is 3.57. The number of nitrogens with zero attached hydrogens (tertiary/aromatic N) is 1. The van der Waals surface area contributed by atoms with Gasteiger partial charge in [-0.3, -0.25) is 5.41 Å². The molecule has 0 amide bonds. The lowest BCUT2D eigenvalue weighted by atomic mass is 10.2. The highest BCUT2D eigenvalue weighted by molar-refractivity contribution is 6.35. The first kappa shape index (κ1) is 13.6. The smallest absolute Gasteiger partial charge is 0.238 e.